The Bertz CT molecular complexity index is 1260. The molecule has 1 fully saturated rings. The van der Waals surface area contributed by atoms with Crippen LogP contribution in [0.1, 0.15) is 34.6 Å². The Morgan fingerprint density at radius 3 is 1.92 bits per heavy atom. The van der Waals surface area contributed by atoms with Crippen LogP contribution >= 0.6 is 0 Å². The van der Waals surface area contributed by atoms with Crippen LogP contribution in [0.3, 0.4) is 0 Å². The number of H-pyrrole nitrogens is 1. The van der Waals surface area contributed by atoms with Crippen molar-refractivity contribution in [3.8, 4) is 0 Å². The van der Waals surface area contributed by atoms with Gasteiger partial charge in [0.15, 0.2) is 5.79 Å². The van der Waals surface area contributed by atoms with Gasteiger partial charge in [0.25, 0.3) is 5.56 Å². The fourth-order valence-corrected chi connectivity index (χ4v) is 11.4. The Morgan fingerprint density at radius 1 is 0.944 bits per heavy atom. The van der Waals surface area contributed by atoms with E-state index in [2.05, 4.69) is 74.3 Å². The molecule has 6 nitrogen and oxygen atoms in total. The molecule has 0 amide bonds. The predicted molar refractivity (Wildman–Crippen MR) is 142 cm³/mol. The summed E-state index contributed by atoms with van der Waals surface area (Å²) in [5.41, 5.74) is -2.31. The van der Waals surface area contributed by atoms with Crippen LogP contribution in [-0.2, 0) is 16.0 Å². The van der Waals surface area contributed by atoms with Crippen LogP contribution in [0.5, 0.6) is 0 Å². The number of nitrogens with one attached hydrogen (secondary N) is 1. The summed E-state index contributed by atoms with van der Waals surface area (Å²) in [6, 6.07) is 21.8. The van der Waals surface area contributed by atoms with Crippen LogP contribution in [0, 0.1) is 11.2 Å². The number of benzene rings is 2. The monoisotopic (exact) mass is 510 g/mol. The van der Waals surface area contributed by atoms with Gasteiger partial charge in [0.2, 0.25) is 5.82 Å². The van der Waals surface area contributed by atoms with Crippen LogP contribution < -0.4 is 21.6 Å². The maximum absolute atomic E-state index is 14.3. The van der Waals surface area contributed by atoms with Gasteiger partial charge >= 0.3 is 5.69 Å². The average molecular weight is 511 g/mol. The average Bonchev–Trinajstić information content (AvgIpc) is 2.83. The number of nitrogens with zero attached hydrogens (tertiary/aromatic N) is 1. The van der Waals surface area contributed by atoms with E-state index in [4.69, 9.17) is 9.47 Å². The third-order valence-corrected chi connectivity index (χ3v) is 13.9. The van der Waals surface area contributed by atoms with Crippen LogP contribution in [-0.4, -0.2) is 36.6 Å². The summed E-state index contributed by atoms with van der Waals surface area (Å²) in [4.78, 5) is 26.5. The summed E-state index contributed by atoms with van der Waals surface area (Å²) >= 11 is 0. The summed E-state index contributed by atoms with van der Waals surface area (Å²) in [5, 5.41) is 2.41. The molecule has 2 aromatic carbocycles. The van der Waals surface area contributed by atoms with E-state index in [-0.39, 0.29) is 11.6 Å². The highest BCUT2D eigenvalue weighted by molar-refractivity contribution is 7.04. The lowest BCUT2D eigenvalue weighted by Gasteiger charge is -2.52. The van der Waals surface area contributed by atoms with Crippen LogP contribution in [0.4, 0.5) is 4.39 Å². The molecule has 1 saturated heterocycles. The van der Waals surface area contributed by atoms with E-state index in [1.807, 2.05) is 26.0 Å². The van der Waals surface area contributed by atoms with Gasteiger partial charge in [-0.3, -0.25) is 14.3 Å². The fraction of sp³-hybridized carbons (Fsp3) is 0.429. The van der Waals surface area contributed by atoms with Gasteiger partial charge in [-0.25, -0.2) is 4.79 Å². The molecule has 0 bridgehead atoms. The summed E-state index contributed by atoms with van der Waals surface area (Å²) in [6.07, 6.45) is 0.994. The first-order valence-corrected chi connectivity index (χ1v) is 14.5. The molecule has 0 unspecified atom stereocenters. The zero-order valence-corrected chi connectivity index (χ0v) is 22.6. The molecule has 0 spiro atoms. The lowest BCUT2D eigenvalue weighted by Crippen LogP contribution is -2.68. The zero-order chi connectivity index (χ0) is 26.2. The molecule has 0 aliphatic carbocycles. The SMILES string of the molecule is CC1(C)OCC(Cn2cc(F)c(=O)[nH]c2=O)(C[Si](c2ccccc2)(c2ccccc2)C(C)(C)C)CO1. The topological polar surface area (TPSA) is 73.3 Å². The quantitative estimate of drug-likeness (QED) is 0.515. The van der Waals surface area contributed by atoms with E-state index >= 15 is 0 Å². The first-order valence-electron chi connectivity index (χ1n) is 12.3. The molecule has 3 aromatic rings. The standard InChI is InChI=1S/C28H35FN2O4Si/c1-26(2,3)36(21-12-8-6-9-13-21,22-14-10-7-11-15-22)20-28(18-34-27(4,5)35-19-28)17-31-16-23(29)24(32)30-25(31)33/h6-16H,17-20H2,1-5H3,(H,30,32,33). The van der Waals surface area contributed by atoms with Gasteiger partial charge in [0.1, 0.15) is 8.07 Å². The fourth-order valence-electron chi connectivity index (χ4n) is 5.46. The number of aromatic amines is 1. The molecule has 8 heteroatoms. The van der Waals surface area contributed by atoms with Crippen LogP contribution in [0.25, 0.3) is 0 Å². The second kappa shape index (κ2) is 9.57. The summed E-state index contributed by atoms with van der Waals surface area (Å²) in [5.74, 6) is -1.76. The Kier molecular flexibility index (Phi) is 6.98. The van der Waals surface area contributed by atoms with Gasteiger partial charge in [-0.05, 0) is 24.9 Å². The highest BCUT2D eigenvalue weighted by Crippen LogP contribution is 2.46. The number of hydrogen-bond donors (Lipinski definition) is 1. The van der Waals surface area contributed by atoms with E-state index in [1.165, 1.54) is 14.9 Å². The summed E-state index contributed by atoms with van der Waals surface area (Å²) in [6.45, 7) is 11.4. The van der Waals surface area contributed by atoms with Gasteiger partial charge in [-0.1, -0.05) is 91.8 Å². The smallest absolute Gasteiger partial charge is 0.328 e. The highest BCUT2D eigenvalue weighted by Gasteiger charge is 2.54. The molecule has 36 heavy (non-hydrogen) atoms. The molecule has 192 valence electrons. The second-order valence-corrected chi connectivity index (χ2v) is 16.2. The van der Waals surface area contributed by atoms with Crippen molar-refractivity contribution in [2.45, 2.75) is 58.0 Å². The lowest BCUT2D eigenvalue weighted by molar-refractivity contribution is -0.284. The number of rotatable bonds is 6. The lowest BCUT2D eigenvalue weighted by atomic mass is 9.90. The molecule has 1 N–H and O–H groups in total. The van der Waals surface area contributed by atoms with Gasteiger partial charge in [0.05, 0.1) is 19.4 Å². The number of hydrogen-bond acceptors (Lipinski definition) is 4. The molecule has 1 aromatic heterocycles. The number of ether oxygens (including phenoxy) is 2. The summed E-state index contributed by atoms with van der Waals surface area (Å²) < 4.78 is 27.9. The van der Waals surface area contributed by atoms with E-state index in [9.17, 15) is 14.0 Å². The Hall–Kier alpha value is -2.81. The van der Waals surface area contributed by atoms with Crippen molar-refractivity contribution in [1.29, 1.82) is 0 Å². The van der Waals surface area contributed by atoms with Crippen molar-refractivity contribution in [1.82, 2.24) is 9.55 Å². The molecular weight excluding hydrogens is 475 g/mol. The Labute approximate surface area is 212 Å². The van der Waals surface area contributed by atoms with E-state index in [1.54, 1.807) is 0 Å². The minimum Gasteiger partial charge on any atom is -0.350 e. The first kappa shape index (κ1) is 26.3. The molecule has 0 radical (unpaired) electrons. The minimum absolute atomic E-state index is 0.128. The van der Waals surface area contributed by atoms with Crippen molar-refractivity contribution in [3.05, 3.63) is 93.5 Å². The second-order valence-electron chi connectivity index (χ2n) is 11.4. The molecule has 1 aliphatic heterocycles. The molecule has 0 saturated carbocycles. The van der Waals surface area contributed by atoms with Gasteiger partial charge in [-0.15, -0.1) is 0 Å². The van der Waals surface area contributed by atoms with Crippen LogP contribution in [0.15, 0.2) is 76.4 Å². The largest absolute Gasteiger partial charge is 0.350 e. The maximum Gasteiger partial charge on any atom is 0.328 e. The number of aromatic nitrogens is 2. The first-order chi connectivity index (χ1) is 16.9. The molecule has 4 rings (SSSR count). The zero-order valence-electron chi connectivity index (χ0n) is 21.6. The van der Waals surface area contributed by atoms with Crippen molar-refractivity contribution < 1.29 is 13.9 Å². The van der Waals surface area contributed by atoms with Crippen molar-refractivity contribution >= 4 is 18.4 Å². The van der Waals surface area contributed by atoms with E-state index in [0.29, 0.717) is 19.3 Å². The van der Waals surface area contributed by atoms with Gasteiger partial charge in [-0.2, -0.15) is 4.39 Å². The van der Waals surface area contributed by atoms with Gasteiger partial charge in [0, 0.05) is 12.0 Å². The minimum atomic E-state index is -2.59. The maximum atomic E-state index is 14.3. The molecule has 2 heterocycles. The van der Waals surface area contributed by atoms with Gasteiger partial charge < -0.3 is 9.47 Å². The Balaban J connectivity index is 1.92. The third-order valence-electron chi connectivity index (χ3n) is 7.38. The van der Waals surface area contributed by atoms with Crippen LogP contribution in [0.2, 0.25) is 11.1 Å². The van der Waals surface area contributed by atoms with Crippen molar-refractivity contribution in [3.63, 3.8) is 0 Å². The third kappa shape index (κ3) is 5.03. The van der Waals surface area contributed by atoms with Crippen molar-refractivity contribution in [2.75, 3.05) is 13.2 Å². The van der Waals surface area contributed by atoms with E-state index < -0.39 is 36.3 Å². The predicted octanol–water partition coefficient (Wildman–Crippen LogP) is 3.51. The summed E-state index contributed by atoms with van der Waals surface area (Å²) in [7, 11) is -2.59. The Morgan fingerprint density at radius 2 is 1.44 bits per heavy atom. The van der Waals surface area contributed by atoms with E-state index in [0.717, 1.165) is 6.20 Å². The molecule has 1 aliphatic rings. The normalized spacial score (nSPS) is 17.6. The number of halogens is 1. The molecular formula is C28H35FN2O4Si. The van der Waals surface area contributed by atoms with Crippen molar-refractivity contribution in [2.24, 2.45) is 5.41 Å². The molecule has 0 atom stereocenters. The highest BCUT2D eigenvalue weighted by atomic mass is 28.3.